The molecule has 0 aliphatic carbocycles. The van der Waals surface area contributed by atoms with Crippen molar-refractivity contribution in [2.24, 2.45) is 0 Å². The van der Waals surface area contributed by atoms with Crippen LogP contribution < -0.4 is 15.8 Å². The molecule has 0 saturated heterocycles. The average Bonchev–Trinajstić information content (AvgIpc) is 2.86. The van der Waals surface area contributed by atoms with Gasteiger partial charge in [-0.05, 0) is 37.3 Å². The molecule has 1 heterocycles. The van der Waals surface area contributed by atoms with Crippen LogP contribution in [0.4, 0.5) is 10.5 Å². The Bertz CT molecular complexity index is 1060. The number of aryl methyl sites for hydroxylation is 1. The average molecular weight is 347 g/mol. The Morgan fingerprint density at radius 3 is 2.54 bits per heavy atom. The van der Waals surface area contributed by atoms with Crippen LogP contribution in [0.25, 0.3) is 11.1 Å². The first-order valence-electron chi connectivity index (χ1n) is 6.87. The van der Waals surface area contributed by atoms with Gasteiger partial charge in [-0.1, -0.05) is 17.7 Å². The summed E-state index contributed by atoms with van der Waals surface area (Å²) in [7, 11) is -3.97. The van der Waals surface area contributed by atoms with E-state index in [4.69, 9.17) is 4.42 Å². The number of oxazole rings is 1. The number of rotatable bonds is 3. The highest BCUT2D eigenvalue weighted by atomic mass is 32.2. The highest BCUT2D eigenvalue weighted by Gasteiger charge is 2.17. The Kier molecular flexibility index (Phi) is 3.86. The molecule has 2 amide bonds. The number of anilines is 1. The number of benzene rings is 2. The van der Waals surface area contributed by atoms with Gasteiger partial charge >= 0.3 is 11.8 Å². The van der Waals surface area contributed by atoms with Crippen LogP contribution in [0.2, 0.25) is 0 Å². The molecule has 9 heteroatoms. The SMILES string of the molecule is Cc1ccc(S(=O)(=O)NC(=O)Nc2ccc3oc(=O)[nH]c3c2)cc1. The topological polar surface area (TPSA) is 121 Å². The zero-order chi connectivity index (χ0) is 17.3. The Morgan fingerprint density at radius 2 is 1.83 bits per heavy atom. The Balaban J connectivity index is 1.76. The monoisotopic (exact) mass is 347 g/mol. The van der Waals surface area contributed by atoms with Crippen LogP contribution in [-0.4, -0.2) is 19.4 Å². The Morgan fingerprint density at radius 1 is 1.12 bits per heavy atom. The van der Waals surface area contributed by atoms with Crippen molar-refractivity contribution in [3.63, 3.8) is 0 Å². The van der Waals surface area contributed by atoms with Gasteiger partial charge in [-0.2, -0.15) is 0 Å². The number of H-pyrrole nitrogens is 1. The third-order valence-corrected chi connectivity index (χ3v) is 4.58. The molecule has 3 rings (SSSR count). The van der Waals surface area contributed by atoms with E-state index in [1.165, 1.54) is 30.3 Å². The van der Waals surface area contributed by atoms with E-state index in [2.05, 4.69) is 10.3 Å². The molecule has 8 nitrogen and oxygen atoms in total. The summed E-state index contributed by atoms with van der Waals surface area (Å²) in [5.74, 6) is -0.617. The zero-order valence-corrected chi connectivity index (χ0v) is 13.3. The molecule has 0 unspecified atom stereocenters. The van der Waals surface area contributed by atoms with E-state index in [1.54, 1.807) is 12.1 Å². The molecule has 0 spiro atoms. The minimum atomic E-state index is -3.97. The summed E-state index contributed by atoms with van der Waals surface area (Å²) in [5, 5.41) is 2.39. The fraction of sp³-hybridized carbons (Fsp3) is 0.0667. The maximum absolute atomic E-state index is 12.1. The molecule has 2 aromatic carbocycles. The van der Waals surface area contributed by atoms with Gasteiger partial charge in [0.25, 0.3) is 10.0 Å². The van der Waals surface area contributed by atoms with Gasteiger partial charge in [0.1, 0.15) is 0 Å². The van der Waals surface area contributed by atoms with Crippen molar-refractivity contribution in [3.05, 3.63) is 58.6 Å². The number of aromatic amines is 1. The van der Waals surface area contributed by atoms with Gasteiger partial charge in [0.2, 0.25) is 0 Å². The van der Waals surface area contributed by atoms with E-state index in [0.29, 0.717) is 16.8 Å². The van der Waals surface area contributed by atoms with E-state index in [0.717, 1.165) is 5.56 Å². The number of hydrogen-bond donors (Lipinski definition) is 3. The highest BCUT2D eigenvalue weighted by Crippen LogP contribution is 2.16. The van der Waals surface area contributed by atoms with Gasteiger partial charge in [-0.3, -0.25) is 4.98 Å². The van der Waals surface area contributed by atoms with Gasteiger partial charge in [-0.25, -0.2) is 22.7 Å². The van der Waals surface area contributed by atoms with Crippen LogP contribution in [0.1, 0.15) is 5.56 Å². The normalized spacial score (nSPS) is 11.4. The summed E-state index contributed by atoms with van der Waals surface area (Å²) in [4.78, 5) is 25.4. The van der Waals surface area contributed by atoms with Gasteiger partial charge in [0, 0.05) is 5.69 Å². The minimum Gasteiger partial charge on any atom is -0.408 e. The summed E-state index contributed by atoms with van der Waals surface area (Å²) < 4.78 is 31.0. The number of sulfonamides is 1. The molecule has 0 saturated carbocycles. The first kappa shape index (κ1) is 15.8. The second kappa shape index (κ2) is 5.85. The van der Waals surface area contributed by atoms with E-state index in [-0.39, 0.29) is 4.90 Å². The van der Waals surface area contributed by atoms with Crippen molar-refractivity contribution in [3.8, 4) is 0 Å². The number of hydrogen-bond acceptors (Lipinski definition) is 5. The molecule has 0 fully saturated rings. The molecule has 0 atom stereocenters. The first-order valence-corrected chi connectivity index (χ1v) is 8.35. The van der Waals surface area contributed by atoms with E-state index in [1.807, 2.05) is 11.6 Å². The molecule has 0 radical (unpaired) electrons. The number of amides is 2. The molecule has 3 aromatic rings. The van der Waals surface area contributed by atoms with Gasteiger partial charge in [0.05, 0.1) is 10.4 Å². The van der Waals surface area contributed by atoms with Gasteiger partial charge < -0.3 is 9.73 Å². The lowest BCUT2D eigenvalue weighted by atomic mass is 10.2. The van der Waals surface area contributed by atoms with E-state index >= 15 is 0 Å². The summed E-state index contributed by atoms with van der Waals surface area (Å²) >= 11 is 0. The second-order valence-electron chi connectivity index (χ2n) is 5.10. The predicted molar refractivity (Wildman–Crippen MR) is 87.4 cm³/mol. The first-order chi connectivity index (χ1) is 11.3. The fourth-order valence-electron chi connectivity index (χ4n) is 2.08. The van der Waals surface area contributed by atoms with Gasteiger partial charge in [-0.15, -0.1) is 0 Å². The number of carbonyl (C=O) groups is 1. The minimum absolute atomic E-state index is 0.0159. The lowest BCUT2D eigenvalue weighted by Crippen LogP contribution is -2.34. The summed E-state index contributed by atoms with van der Waals surface area (Å²) in [6, 6.07) is 9.60. The number of fused-ring (bicyclic) bond motifs is 1. The maximum Gasteiger partial charge on any atom is 0.417 e. The summed E-state index contributed by atoms with van der Waals surface area (Å²) in [6.07, 6.45) is 0. The quantitative estimate of drug-likeness (QED) is 0.668. The second-order valence-corrected chi connectivity index (χ2v) is 6.78. The molecule has 3 N–H and O–H groups in total. The van der Waals surface area contributed by atoms with Crippen molar-refractivity contribution in [2.75, 3.05) is 5.32 Å². The van der Waals surface area contributed by atoms with Crippen LogP contribution in [0.5, 0.6) is 0 Å². The largest absolute Gasteiger partial charge is 0.417 e. The predicted octanol–water partition coefficient (Wildman–Crippen LogP) is 1.94. The van der Waals surface area contributed by atoms with Crippen molar-refractivity contribution in [2.45, 2.75) is 11.8 Å². The highest BCUT2D eigenvalue weighted by molar-refractivity contribution is 7.90. The molecule has 0 aliphatic rings. The molecule has 1 aromatic heterocycles. The fourth-order valence-corrected chi connectivity index (χ4v) is 2.99. The zero-order valence-electron chi connectivity index (χ0n) is 12.5. The number of urea groups is 1. The molecule has 0 bridgehead atoms. The summed E-state index contributed by atoms with van der Waals surface area (Å²) in [6.45, 7) is 1.83. The molecule has 0 aliphatic heterocycles. The van der Waals surface area contributed by atoms with E-state index in [9.17, 15) is 18.0 Å². The van der Waals surface area contributed by atoms with Crippen LogP contribution in [0.3, 0.4) is 0 Å². The number of aromatic nitrogens is 1. The molecular formula is C15H13N3O5S. The standard InChI is InChI=1S/C15H13N3O5S/c1-9-2-5-11(6-3-9)24(21,22)18-14(19)16-10-4-7-13-12(8-10)17-15(20)23-13/h2-8H,1H3,(H,17,20)(H2,16,18,19). The Labute approximate surface area is 136 Å². The Hall–Kier alpha value is -3.07. The van der Waals surface area contributed by atoms with Crippen LogP contribution in [-0.2, 0) is 10.0 Å². The molecule has 124 valence electrons. The lowest BCUT2D eigenvalue weighted by Gasteiger charge is -2.09. The number of nitrogens with one attached hydrogen (secondary N) is 3. The third kappa shape index (κ3) is 3.30. The molecular weight excluding hydrogens is 334 g/mol. The maximum atomic E-state index is 12.1. The van der Waals surface area contributed by atoms with E-state index < -0.39 is 21.8 Å². The third-order valence-electron chi connectivity index (χ3n) is 3.24. The van der Waals surface area contributed by atoms with Crippen LogP contribution in [0.15, 0.2) is 56.6 Å². The van der Waals surface area contributed by atoms with Crippen LogP contribution in [0, 0.1) is 6.92 Å². The molecule has 24 heavy (non-hydrogen) atoms. The van der Waals surface area contributed by atoms with Crippen molar-refractivity contribution in [1.29, 1.82) is 0 Å². The smallest absolute Gasteiger partial charge is 0.408 e. The number of carbonyl (C=O) groups excluding carboxylic acids is 1. The lowest BCUT2D eigenvalue weighted by molar-refractivity contribution is 0.256. The van der Waals surface area contributed by atoms with Crippen molar-refractivity contribution in [1.82, 2.24) is 9.71 Å². The van der Waals surface area contributed by atoms with Crippen LogP contribution >= 0.6 is 0 Å². The van der Waals surface area contributed by atoms with Crippen molar-refractivity contribution >= 4 is 32.8 Å². The van der Waals surface area contributed by atoms with Crippen molar-refractivity contribution < 1.29 is 17.6 Å². The van der Waals surface area contributed by atoms with Gasteiger partial charge in [0.15, 0.2) is 5.58 Å². The summed E-state index contributed by atoms with van der Waals surface area (Å²) in [5.41, 5.74) is 1.93.